The van der Waals surface area contributed by atoms with Crippen LogP contribution in [0.1, 0.15) is 0 Å². The van der Waals surface area contributed by atoms with Crippen LogP contribution in [0.2, 0.25) is 0 Å². The lowest BCUT2D eigenvalue weighted by atomic mass is 10.3. The first-order chi connectivity index (χ1) is 7.27. The molecule has 0 fully saturated rings. The Bertz CT molecular complexity index is 436. The molecular weight excluding hydrogens is 206 g/mol. The molecule has 0 spiro atoms. The van der Waals surface area contributed by atoms with Crippen LogP contribution in [0, 0.1) is 0 Å². The highest BCUT2D eigenvalue weighted by molar-refractivity contribution is 7.17. The SMILES string of the molecule is CN(C)CCNc1nccc2sccc12. The Labute approximate surface area is 93.7 Å². The van der Waals surface area contributed by atoms with Gasteiger partial charge < -0.3 is 10.2 Å². The Kier molecular flexibility index (Phi) is 3.18. The van der Waals surface area contributed by atoms with Crippen LogP contribution in [0.4, 0.5) is 5.82 Å². The molecule has 0 aliphatic rings. The second-order valence-electron chi connectivity index (χ2n) is 3.72. The molecule has 0 aliphatic heterocycles. The highest BCUT2D eigenvalue weighted by atomic mass is 32.1. The number of rotatable bonds is 4. The van der Waals surface area contributed by atoms with Crippen molar-refractivity contribution in [2.24, 2.45) is 0 Å². The maximum atomic E-state index is 4.35. The summed E-state index contributed by atoms with van der Waals surface area (Å²) in [5.74, 6) is 0.996. The van der Waals surface area contributed by atoms with Crippen molar-refractivity contribution in [3.63, 3.8) is 0 Å². The first kappa shape index (κ1) is 10.4. The largest absolute Gasteiger partial charge is 0.368 e. The van der Waals surface area contributed by atoms with E-state index in [9.17, 15) is 0 Å². The highest BCUT2D eigenvalue weighted by Gasteiger charge is 2.02. The van der Waals surface area contributed by atoms with Gasteiger partial charge in [-0.15, -0.1) is 11.3 Å². The van der Waals surface area contributed by atoms with Crippen LogP contribution >= 0.6 is 11.3 Å². The molecule has 0 aliphatic carbocycles. The summed E-state index contributed by atoms with van der Waals surface area (Å²) < 4.78 is 1.29. The average Bonchev–Trinajstić information content (AvgIpc) is 2.65. The highest BCUT2D eigenvalue weighted by Crippen LogP contribution is 2.25. The van der Waals surface area contributed by atoms with Crippen molar-refractivity contribution in [2.75, 3.05) is 32.5 Å². The van der Waals surface area contributed by atoms with Crippen LogP contribution in [-0.4, -0.2) is 37.1 Å². The van der Waals surface area contributed by atoms with Gasteiger partial charge in [-0.1, -0.05) is 0 Å². The third-order valence-electron chi connectivity index (χ3n) is 2.23. The second kappa shape index (κ2) is 4.59. The first-order valence-electron chi connectivity index (χ1n) is 4.98. The number of nitrogens with zero attached hydrogens (tertiary/aromatic N) is 2. The molecule has 0 bridgehead atoms. The van der Waals surface area contributed by atoms with Crippen LogP contribution in [0.25, 0.3) is 10.1 Å². The smallest absolute Gasteiger partial charge is 0.134 e. The van der Waals surface area contributed by atoms with E-state index < -0.39 is 0 Å². The van der Waals surface area contributed by atoms with E-state index in [4.69, 9.17) is 0 Å². The summed E-state index contributed by atoms with van der Waals surface area (Å²) in [6.45, 7) is 1.94. The molecule has 1 N–H and O–H groups in total. The van der Waals surface area contributed by atoms with Crippen molar-refractivity contribution in [3.05, 3.63) is 23.7 Å². The average molecular weight is 221 g/mol. The lowest BCUT2D eigenvalue weighted by Crippen LogP contribution is -2.21. The summed E-state index contributed by atoms with van der Waals surface area (Å²) in [4.78, 5) is 6.51. The maximum absolute atomic E-state index is 4.35. The maximum Gasteiger partial charge on any atom is 0.134 e. The Balaban J connectivity index is 2.10. The molecule has 2 aromatic rings. The Morgan fingerprint density at radius 2 is 2.27 bits per heavy atom. The number of likely N-dealkylation sites (N-methyl/N-ethyl adjacent to an activating group) is 1. The van der Waals surface area contributed by atoms with Gasteiger partial charge in [0.2, 0.25) is 0 Å². The summed E-state index contributed by atoms with van der Waals surface area (Å²) in [6, 6.07) is 4.17. The number of pyridine rings is 1. The molecular formula is C11H15N3S. The fourth-order valence-corrected chi connectivity index (χ4v) is 2.22. The van der Waals surface area contributed by atoms with Crippen LogP contribution in [0.3, 0.4) is 0 Å². The van der Waals surface area contributed by atoms with Gasteiger partial charge in [-0.2, -0.15) is 0 Å². The summed E-state index contributed by atoms with van der Waals surface area (Å²) in [6.07, 6.45) is 1.86. The van der Waals surface area contributed by atoms with E-state index in [1.807, 2.05) is 6.20 Å². The molecule has 2 heterocycles. The molecule has 0 saturated carbocycles. The topological polar surface area (TPSA) is 28.2 Å². The molecule has 0 aromatic carbocycles. The van der Waals surface area contributed by atoms with Crippen LogP contribution < -0.4 is 5.32 Å². The fraction of sp³-hybridized carbons (Fsp3) is 0.364. The number of anilines is 1. The van der Waals surface area contributed by atoms with E-state index in [2.05, 4.69) is 46.8 Å². The lowest BCUT2D eigenvalue weighted by Gasteiger charge is -2.11. The van der Waals surface area contributed by atoms with E-state index in [1.165, 1.54) is 10.1 Å². The number of fused-ring (bicyclic) bond motifs is 1. The van der Waals surface area contributed by atoms with Crippen molar-refractivity contribution in [1.29, 1.82) is 0 Å². The van der Waals surface area contributed by atoms with E-state index in [-0.39, 0.29) is 0 Å². The molecule has 15 heavy (non-hydrogen) atoms. The minimum absolute atomic E-state index is 0.926. The Morgan fingerprint density at radius 1 is 1.40 bits per heavy atom. The van der Waals surface area contributed by atoms with Gasteiger partial charge in [0.25, 0.3) is 0 Å². The van der Waals surface area contributed by atoms with Gasteiger partial charge in [-0.3, -0.25) is 0 Å². The monoisotopic (exact) mass is 221 g/mol. The number of thiophene rings is 1. The van der Waals surface area contributed by atoms with Gasteiger partial charge in [-0.05, 0) is 31.6 Å². The minimum Gasteiger partial charge on any atom is -0.368 e. The van der Waals surface area contributed by atoms with E-state index >= 15 is 0 Å². The molecule has 80 valence electrons. The van der Waals surface area contributed by atoms with Crippen molar-refractivity contribution in [1.82, 2.24) is 9.88 Å². The lowest BCUT2D eigenvalue weighted by molar-refractivity contribution is 0.425. The Morgan fingerprint density at radius 3 is 3.07 bits per heavy atom. The van der Waals surface area contributed by atoms with Crippen LogP contribution in [-0.2, 0) is 0 Å². The number of aromatic nitrogens is 1. The molecule has 0 radical (unpaired) electrons. The first-order valence-corrected chi connectivity index (χ1v) is 5.86. The zero-order valence-electron chi connectivity index (χ0n) is 9.03. The zero-order chi connectivity index (χ0) is 10.7. The molecule has 3 nitrogen and oxygen atoms in total. The molecule has 2 rings (SSSR count). The van der Waals surface area contributed by atoms with Gasteiger partial charge in [0, 0.05) is 29.4 Å². The fourth-order valence-electron chi connectivity index (χ4n) is 1.43. The van der Waals surface area contributed by atoms with E-state index in [0.717, 1.165) is 18.9 Å². The molecule has 0 amide bonds. The Hall–Kier alpha value is -1.13. The van der Waals surface area contributed by atoms with Gasteiger partial charge >= 0.3 is 0 Å². The number of nitrogens with one attached hydrogen (secondary N) is 1. The van der Waals surface area contributed by atoms with Crippen LogP contribution in [0.5, 0.6) is 0 Å². The number of hydrogen-bond acceptors (Lipinski definition) is 4. The van der Waals surface area contributed by atoms with Crippen LogP contribution in [0.15, 0.2) is 23.7 Å². The standard InChI is InChI=1S/C11H15N3S/c1-14(2)7-6-13-11-9-4-8-15-10(9)3-5-12-11/h3-5,8H,6-7H2,1-2H3,(H,12,13). The molecule has 2 aromatic heterocycles. The summed E-state index contributed by atoms with van der Waals surface area (Å²) in [7, 11) is 4.14. The third kappa shape index (κ3) is 2.46. The predicted molar refractivity (Wildman–Crippen MR) is 66.7 cm³/mol. The molecule has 0 atom stereocenters. The quantitative estimate of drug-likeness (QED) is 0.858. The predicted octanol–water partition coefficient (Wildman–Crippen LogP) is 2.27. The molecule has 4 heteroatoms. The second-order valence-corrected chi connectivity index (χ2v) is 4.67. The zero-order valence-corrected chi connectivity index (χ0v) is 9.84. The third-order valence-corrected chi connectivity index (χ3v) is 3.11. The summed E-state index contributed by atoms with van der Waals surface area (Å²) in [5, 5.41) is 6.68. The van der Waals surface area contributed by atoms with E-state index in [1.54, 1.807) is 11.3 Å². The van der Waals surface area contributed by atoms with Crippen molar-refractivity contribution in [3.8, 4) is 0 Å². The van der Waals surface area contributed by atoms with E-state index in [0.29, 0.717) is 0 Å². The van der Waals surface area contributed by atoms with Crippen molar-refractivity contribution in [2.45, 2.75) is 0 Å². The van der Waals surface area contributed by atoms with Gasteiger partial charge in [0.05, 0.1) is 0 Å². The normalized spacial score (nSPS) is 11.1. The van der Waals surface area contributed by atoms with Crippen molar-refractivity contribution >= 4 is 27.2 Å². The van der Waals surface area contributed by atoms with Gasteiger partial charge in [0.15, 0.2) is 0 Å². The number of hydrogen-bond donors (Lipinski definition) is 1. The molecule has 0 unspecified atom stereocenters. The summed E-state index contributed by atoms with van der Waals surface area (Å²) in [5.41, 5.74) is 0. The minimum atomic E-state index is 0.926. The summed E-state index contributed by atoms with van der Waals surface area (Å²) >= 11 is 1.75. The van der Waals surface area contributed by atoms with Gasteiger partial charge in [0.1, 0.15) is 5.82 Å². The molecule has 0 saturated heterocycles. The van der Waals surface area contributed by atoms with Gasteiger partial charge in [-0.25, -0.2) is 4.98 Å². The van der Waals surface area contributed by atoms with Crippen molar-refractivity contribution < 1.29 is 0 Å².